The Balaban J connectivity index is 0.00000450. The monoisotopic (exact) mass is 892 g/mol. The Morgan fingerprint density at radius 2 is 1.39 bits per heavy atom. The average Bonchev–Trinajstić information content (AvgIpc) is 3.66. The first-order chi connectivity index (χ1) is 25.2. The summed E-state index contributed by atoms with van der Waals surface area (Å²) in [6.45, 7) is 22.1. The Bertz CT molecular complexity index is 2500. The third kappa shape index (κ3) is 6.79. The second-order valence-electron chi connectivity index (χ2n) is 16.9. The van der Waals surface area contributed by atoms with Crippen molar-refractivity contribution in [2.75, 3.05) is 9.80 Å². The number of rotatable bonds is 5. The summed E-state index contributed by atoms with van der Waals surface area (Å²) in [4.78, 5) is 18.7. The van der Waals surface area contributed by atoms with Gasteiger partial charge in [-0.25, -0.2) is 9.97 Å². The zero-order chi connectivity index (χ0) is 37.3. The van der Waals surface area contributed by atoms with Crippen molar-refractivity contribution in [3.05, 3.63) is 139 Å². The van der Waals surface area contributed by atoms with Gasteiger partial charge in [0.15, 0.2) is 0 Å². The molecular formula is C46H45N6OPt-3. The van der Waals surface area contributed by atoms with Crippen LogP contribution in [0, 0.1) is 18.8 Å². The molecule has 278 valence electrons. The number of benzene rings is 3. The van der Waals surface area contributed by atoms with Gasteiger partial charge in [0.25, 0.3) is 0 Å². The van der Waals surface area contributed by atoms with Gasteiger partial charge in [0.2, 0.25) is 0 Å². The van der Waals surface area contributed by atoms with Crippen molar-refractivity contribution < 1.29 is 25.8 Å². The molecule has 0 aliphatic carbocycles. The Labute approximate surface area is 333 Å². The van der Waals surface area contributed by atoms with Gasteiger partial charge in [-0.3, -0.25) is 4.98 Å². The summed E-state index contributed by atoms with van der Waals surface area (Å²) < 4.78 is 8.72. The van der Waals surface area contributed by atoms with E-state index in [1.807, 2.05) is 55.1 Å². The zero-order valence-corrected chi connectivity index (χ0v) is 34.6. The predicted molar refractivity (Wildman–Crippen MR) is 216 cm³/mol. The summed E-state index contributed by atoms with van der Waals surface area (Å²) in [5.74, 6) is 2.91. The van der Waals surface area contributed by atoms with E-state index in [0.717, 1.165) is 50.5 Å². The molecule has 7 nitrogen and oxygen atoms in total. The molecule has 5 heterocycles. The summed E-state index contributed by atoms with van der Waals surface area (Å²) in [6.07, 6.45) is 7.61. The number of nitrogens with zero attached hydrogens (tertiary/aromatic N) is 6. The van der Waals surface area contributed by atoms with Crippen LogP contribution in [0.2, 0.25) is 0 Å². The molecule has 0 atom stereocenters. The number of fused-ring (bicyclic) bond motifs is 4. The molecule has 1 aliphatic rings. The van der Waals surface area contributed by atoms with Crippen molar-refractivity contribution in [2.45, 2.75) is 78.6 Å². The molecule has 4 aromatic heterocycles. The van der Waals surface area contributed by atoms with Crippen LogP contribution < -0.4 is 14.5 Å². The maximum Gasteiger partial charge on any atom is 0.135 e. The van der Waals surface area contributed by atoms with Crippen molar-refractivity contribution in [3.8, 4) is 17.3 Å². The summed E-state index contributed by atoms with van der Waals surface area (Å²) in [7, 11) is 0. The van der Waals surface area contributed by atoms with Crippen LogP contribution in [0.1, 0.15) is 79.0 Å². The molecule has 0 unspecified atom stereocenters. The fraction of sp³-hybridized carbons (Fsp3) is 0.261. The van der Waals surface area contributed by atoms with Crippen LogP contribution in [0.25, 0.3) is 27.6 Å². The maximum absolute atomic E-state index is 6.54. The molecule has 0 saturated carbocycles. The molecule has 54 heavy (non-hydrogen) atoms. The van der Waals surface area contributed by atoms with E-state index in [-0.39, 0.29) is 37.3 Å². The Morgan fingerprint density at radius 1 is 0.630 bits per heavy atom. The van der Waals surface area contributed by atoms with E-state index in [2.05, 4.69) is 149 Å². The van der Waals surface area contributed by atoms with E-state index in [9.17, 15) is 0 Å². The molecule has 8 heteroatoms. The minimum atomic E-state index is -0.137. The Kier molecular flexibility index (Phi) is 9.46. The fourth-order valence-corrected chi connectivity index (χ4v) is 6.91. The van der Waals surface area contributed by atoms with Crippen LogP contribution in [-0.4, -0.2) is 19.5 Å². The first kappa shape index (κ1) is 37.3. The average molecular weight is 893 g/mol. The number of para-hydroxylation sites is 1. The van der Waals surface area contributed by atoms with Crippen LogP contribution in [-0.2, 0) is 37.3 Å². The van der Waals surface area contributed by atoms with Gasteiger partial charge in [0.05, 0.1) is 11.9 Å². The van der Waals surface area contributed by atoms with E-state index >= 15 is 0 Å². The summed E-state index contributed by atoms with van der Waals surface area (Å²) in [5, 5.41) is 2.23. The molecule has 3 aromatic carbocycles. The first-order valence-electron chi connectivity index (χ1n) is 18.2. The molecule has 7 aromatic rings. The van der Waals surface area contributed by atoms with E-state index in [1.165, 1.54) is 16.7 Å². The van der Waals surface area contributed by atoms with Gasteiger partial charge in [-0.15, -0.1) is 48.1 Å². The van der Waals surface area contributed by atoms with Crippen molar-refractivity contribution >= 4 is 44.7 Å². The van der Waals surface area contributed by atoms with Gasteiger partial charge in [-0.1, -0.05) is 86.0 Å². The molecule has 1 aliphatic heterocycles. The number of pyridine rings is 3. The quantitative estimate of drug-likeness (QED) is 0.160. The molecular weight excluding hydrogens is 848 g/mol. The molecule has 0 bridgehead atoms. The SMILES string of the molecule is CC(C)(C)c1ccnc(-n2c3[c-]c(Oc4[c-]c(N5[CH-]N(c6ncc(C(C)(C)C)cc6C(C)(C)C)c6cnccc65)ccc4)ccc3c3ccccc32)c1.[Pt]. The second kappa shape index (κ2) is 13.7. The zero-order valence-electron chi connectivity index (χ0n) is 32.3. The van der Waals surface area contributed by atoms with Crippen LogP contribution in [0.15, 0.2) is 104 Å². The predicted octanol–water partition coefficient (Wildman–Crippen LogP) is 11.7. The topological polar surface area (TPSA) is 59.3 Å². The van der Waals surface area contributed by atoms with E-state index in [1.54, 1.807) is 0 Å². The largest absolute Gasteiger partial charge is 0.509 e. The molecule has 0 N–H and O–H groups in total. The molecule has 0 spiro atoms. The van der Waals surface area contributed by atoms with Crippen molar-refractivity contribution in [3.63, 3.8) is 0 Å². The summed E-state index contributed by atoms with van der Waals surface area (Å²) >= 11 is 0. The first-order valence-corrected chi connectivity index (χ1v) is 18.2. The van der Waals surface area contributed by atoms with Crippen molar-refractivity contribution in [1.82, 2.24) is 19.5 Å². The molecule has 0 radical (unpaired) electrons. The molecule has 8 rings (SSSR count). The Morgan fingerprint density at radius 3 is 2.15 bits per heavy atom. The molecule has 0 amide bonds. The normalized spacial score (nSPS) is 13.4. The van der Waals surface area contributed by atoms with Gasteiger partial charge in [-0.05, 0) is 68.7 Å². The van der Waals surface area contributed by atoms with Gasteiger partial charge < -0.3 is 19.1 Å². The van der Waals surface area contributed by atoms with Gasteiger partial charge in [-0.2, -0.15) is 12.1 Å². The van der Waals surface area contributed by atoms with E-state index < -0.39 is 0 Å². The van der Waals surface area contributed by atoms with E-state index in [0.29, 0.717) is 11.5 Å². The van der Waals surface area contributed by atoms with Crippen molar-refractivity contribution in [1.29, 1.82) is 0 Å². The van der Waals surface area contributed by atoms with Crippen LogP contribution in [0.4, 0.5) is 22.9 Å². The number of hydrogen-bond donors (Lipinski definition) is 0. The molecule has 0 saturated heterocycles. The second-order valence-corrected chi connectivity index (χ2v) is 16.9. The van der Waals surface area contributed by atoms with Gasteiger partial charge in [0, 0.05) is 62.4 Å². The van der Waals surface area contributed by atoms with Crippen molar-refractivity contribution in [2.24, 2.45) is 0 Å². The summed E-state index contributed by atoms with van der Waals surface area (Å²) in [6, 6.07) is 34.2. The summed E-state index contributed by atoms with van der Waals surface area (Å²) in [5.41, 5.74) is 8.16. The smallest absolute Gasteiger partial charge is 0.135 e. The minimum absolute atomic E-state index is 0. The Hall–Kier alpha value is -5.00. The van der Waals surface area contributed by atoms with E-state index in [4.69, 9.17) is 14.7 Å². The number of aromatic nitrogens is 4. The minimum Gasteiger partial charge on any atom is -0.509 e. The fourth-order valence-electron chi connectivity index (χ4n) is 6.91. The maximum atomic E-state index is 6.54. The number of anilines is 4. The van der Waals surface area contributed by atoms with Crippen LogP contribution in [0.3, 0.4) is 0 Å². The standard InChI is InChI=1S/C46H45N6O.Pt/c1-44(2,3)30-19-22-48-42(24-30)52-38-16-11-10-15-35(38)36-18-17-34(26-40(36)52)53-33-14-12-13-32(25-33)50-29-51(41-28-47-21-20-39(41)50)43-37(46(7,8)9)23-31(27-49-43)45(4,5)6;/h10-24,27-29H,1-9H3;/q-3;. The van der Waals surface area contributed by atoms with Gasteiger partial charge >= 0.3 is 0 Å². The molecule has 0 fully saturated rings. The third-order valence-corrected chi connectivity index (χ3v) is 9.93. The number of hydrogen-bond acceptors (Lipinski definition) is 6. The van der Waals surface area contributed by atoms with Crippen LogP contribution in [0.5, 0.6) is 11.5 Å². The number of ether oxygens (including phenoxy) is 1. The van der Waals surface area contributed by atoms with Gasteiger partial charge in [0.1, 0.15) is 11.6 Å². The van der Waals surface area contributed by atoms with Crippen LogP contribution >= 0.6 is 0 Å². The third-order valence-electron chi connectivity index (χ3n) is 9.93.